The molecule has 3 rings (SSSR count). The van der Waals surface area contributed by atoms with Crippen LogP contribution in [0.5, 0.6) is 0 Å². The third-order valence-corrected chi connectivity index (χ3v) is 5.37. The number of thiophene rings is 1. The molecule has 1 aliphatic heterocycles. The van der Waals surface area contributed by atoms with Crippen molar-refractivity contribution in [1.82, 2.24) is 4.90 Å². The summed E-state index contributed by atoms with van der Waals surface area (Å²) in [6.45, 7) is 0.440. The first-order valence-corrected chi connectivity index (χ1v) is 8.58. The summed E-state index contributed by atoms with van der Waals surface area (Å²) in [5, 5.41) is 6.03. The normalized spacial score (nSPS) is 14.5. The zero-order valence-electron chi connectivity index (χ0n) is 11.2. The van der Waals surface area contributed by atoms with E-state index in [1.807, 2.05) is 0 Å². The van der Waals surface area contributed by atoms with Crippen LogP contribution in [0.3, 0.4) is 0 Å². The third-order valence-electron chi connectivity index (χ3n) is 3.16. The second-order valence-electron chi connectivity index (χ2n) is 4.72. The summed E-state index contributed by atoms with van der Waals surface area (Å²) in [5.74, 6) is 0. The van der Waals surface area contributed by atoms with Gasteiger partial charge in [-0.05, 0) is 35.2 Å². The van der Waals surface area contributed by atoms with Gasteiger partial charge in [0.1, 0.15) is 0 Å². The molecular weight excluding hydrogens is 310 g/mol. The van der Waals surface area contributed by atoms with E-state index in [9.17, 15) is 13.2 Å². The Morgan fingerprint density at radius 2 is 2.14 bits per heavy atom. The molecule has 2 amide bonds. The highest BCUT2D eigenvalue weighted by Gasteiger charge is 2.20. The maximum Gasteiger partial charge on any atom is 0.321 e. The van der Waals surface area contributed by atoms with E-state index in [4.69, 9.17) is 0 Å². The van der Waals surface area contributed by atoms with Crippen LogP contribution in [-0.4, -0.2) is 26.4 Å². The summed E-state index contributed by atoms with van der Waals surface area (Å²) in [6.07, 6.45) is 0. The lowest BCUT2D eigenvalue weighted by Crippen LogP contribution is -2.35. The standard InChI is InChI=1S/C13H13N3O3S2/c1-16-7-9-6-10(2-3-12(9)14-13(16)17)15-21(18,19)11-4-5-20-8-11/h2-6,8,15H,7H2,1H3,(H,14,17). The number of urea groups is 1. The number of nitrogens with zero attached hydrogens (tertiary/aromatic N) is 1. The predicted octanol–water partition coefficient (Wildman–Crippen LogP) is 2.53. The van der Waals surface area contributed by atoms with Crippen LogP contribution >= 0.6 is 11.3 Å². The van der Waals surface area contributed by atoms with Crippen molar-refractivity contribution in [3.8, 4) is 0 Å². The number of hydrogen-bond donors (Lipinski definition) is 2. The van der Waals surface area contributed by atoms with Crippen molar-refractivity contribution in [2.45, 2.75) is 11.4 Å². The minimum absolute atomic E-state index is 0.172. The molecule has 1 aromatic heterocycles. The SMILES string of the molecule is CN1Cc2cc(NS(=O)(=O)c3ccsc3)ccc2NC1=O. The fourth-order valence-corrected chi connectivity index (χ4v) is 4.15. The Kier molecular flexibility index (Phi) is 3.34. The van der Waals surface area contributed by atoms with Gasteiger partial charge in [0.2, 0.25) is 0 Å². The van der Waals surface area contributed by atoms with Crippen LogP contribution < -0.4 is 10.0 Å². The van der Waals surface area contributed by atoms with Crippen molar-refractivity contribution >= 4 is 38.8 Å². The number of carbonyl (C=O) groups excluding carboxylic acids is 1. The summed E-state index contributed by atoms with van der Waals surface area (Å²) < 4.78 is 26.9. The van der Waals surface area contributed by atoms with Gasteiger partial charge in [-0.2, -0.15) is 11.3 Å². The number of hydrogen-bond acceptors (Lipinski definition) is 4. The fraction of sp³-hybridized carbons (Fsp3) is 0.154. The number of anilines is 2. The van der Waals surface area contributed by atoms with Crippen molar-refractivity contribution in [1.29, 1.82) is 0 Å². The monoisotopic (exact) mass is 323 g/mol. The van der Waals surface area contributed by atoms with Gasteiger partial charge in [-0.15, -0.1) is 0 Å². The molecule has 0 spiro atoms. The van der Waals surface area contributed by atoms with E-state index in [-0.39, 0.29) is 10.9 Å². The Labute approximate surface area is 126 Å². The first-order chi connectivity index (χ1) is 9.95. The molecule has 21 heavy (non-hydrogen) atoms. The first-order valence-electron chi connectivity index (χ1n) is 6.16. The number of rotatable bonds is 3. The molecule has 0 aliphatic carbocycles. The Morgan fingerprint density at radius 1 is 1.33 bits per heavy atom. The minimum atomic E-state index is -3.56. The molecule has 1 aromatic carbocycles. The average molecular weight is 323 g/mol. The van der Waals surface area contributed by atoms with Gasteiger partial charge in [-0.3, -0.25) is 4.72 Å². The number of fused-ring (bicyclic) bond motifs is 1. The summed E-state index contributed by atoms with van der Waals surface area (Å²) in [4.78, 5) is 13.3. The molecule has 0 fully saturated rings. The van der Waals surface area contributed by atoms with E-state index in [0.717, 1.165) is 5.56 Å². The van der Waals surface area contributed by atoms with E-state index in [1.165, 1.54) is 16.2 Å². The quantitative estimate of drug-likeness (QED) is 0.911. The van der Waals surface area contributed by atoms with Gasteiger partial charge in [0, 0.05) is 30.3 Å². The first kappa shape index (κ1) is 13.9. The second kappa shape index (κ2) is 5.05. The minimum Gasteiger partial charge on any atom is -0.323 e. The zero-order chi connectivity index (χ0) is 15.0. The van der Waals surface area contributed by atoms with Gasteiger partial charge < -0.3 is 10.2 Å². The Hall–Kier alpha value is -2.06. The van der Waals surface area contributed by atoms with Gasteiger partial charge in [0.25, 0.3) is 10.0 Å². The number of benzene rings is 1. The van der Waals surface area contributed by atoms with Gasteiger partial charge in [-0.1, -0.05) is 0 Å². The summed E-state index contributed by atoms with van der Waals surface area (Å²) in [5.41, 5.74) is 2.05. The van der Waals surface area contributed by atoms with Crippen molar-refractivity contribution < 1.29 is 13.2 Å². The Balaban J connectivity index is 1.88. The van der Waals surface area contributed by atoms with Crippen LogP contribution in [0.1, 0.15) is 5.56 Å². The Bertz CT molecular complexity index is 785. The fourth-order valence-electron chi connectivity index (χ4n) is 2.07. The Morgan fingerprint density at radius 3 is 2.86 bits per heavy atom. The molecule has 0 radical (unpaired) electrons. The molecule has 2 aromatic rings. The van der Waals surface area contributed by atoms with Crippen molar-refractivity contribution in [3.05, 3.63) is 40.6 Å². The molecule has 0 unspecified atom stereocenters. The van der Waals surface area contributed by atoms with E-state index < -0.39 is 10.0 Å². The molecule has 0 atom stereocenters. The van der Waals surface area contributed by atoms with Gasteiger partial charge >= 0.3 is 6.03 Å². The lowest BCUT2D eigenvalue weighted by atomic mass is 10.1. The largest absolute Gasteiger partial charge is 0.323 e. The van der Waals surface area contributed by atoms with E-state index in [2.05, 4.69) is 10.0 Å². The van der Waals surface area contributed by atoms with E-state index >= 15 is 0 Å². The van der Waals surface area contributed by atoms with Crippen LogP contribution in [-0.2, 0) is 16.6 Å². The van der Waals surface area contributed by atoms with Crippen LogP contribution in [0.4, 0.5) is 16.2 Å². The van der Waals surface area contributed by atoms with E-state index in [1.54, 1.807) is 42.1 Å². The average Bonchev–Trinajstić information content (AvgIpc) is 2.95. The summed E-state index contributed by atoms with van der Waals surface area (Å²) in [7, 11) is -1.88. The molecule has 2 N–H and O–H groups in total. The lowest BCUT2D eigenvalue weighted by molar-refractivity contribution is 0.218. The van der Waals surface area contributed by atoms with Crippen LogP contribution in [0.25, 0.3) is 0 Å². The summed E-state index contributed by atoms with van der Waals surface area (Å²) in [6, 6.07) is 6.45. The molecule has 8 heteroatoms. The smallest absolute Gasteiger partial charge is 0.321 e. The highest BCUT2D eigenvalue weighted by atomic mass is 32.2. The van der Waals surface area contributed by atoms with E-state index in [0.29, 0.717) is 17.9 Å². The highest BCUT2D eigenvalue weighted by Crippen LogP contribution is 2.27. The highest BCUT2D eigenvalue weighted by molar-refractivity contribution is 7.92. The molecule has 110 valence electrons. The maximum atomic E-state index is 12.2. The maximum absolute atomic E-state index is 12.2. The molecule has 1 aliphatic rings. The molecular formula is C13H13N3O3S2. The number of carbonyl (C=O) groups is 1. The number of amides is 2. The molecule has 0 bridgehead atoms. The van der Waals surface area contributed by atoms with Crippen LogP contribution in [0.2, 0.25) is 0 Å². The molecule has 2 heterocycles. The number of sulfonamides is 1. The summed E-state index contributed by atoms with van der Waals surface area (Å²) >= 11 is 1.33. The third kappa shape index (κ3) is 2.72. The van der Waals surface area contributed by atoms with Gasteiger partial charge in [0.15, 0.2) is 0 Å². The van der Waals surface area contributed by atoms with Crippen LogP contribution in [0, 0.1) is 0 Å². The predicted molar refractivity (Wildman–Crippen MR) is 82.1 cm³/mol. The number of nitrogens with one attached hydrogen (secondary N) is 2. The van der Waals surface area contributed by atoms with Crippen molar-refractivity contribution in [2.75, 3.05) is 17.1 Å². The van der Waals surface area contributed by atoms with Gasteiger partial charge in [-0.25, -0.2) is 13.2 Å². The second-order valence-corrected chi connectivity index (χ2v) is 7.19. The zero-order valence-corrected chi connectivity index (χ0v) is 12.8. The molecule has 6 nitrogen and oxygen atoms in total. The van der Waals surface area contributed by atoms with Crippen molar-refractivity contribution in [3.63, 3.8) is 0 Å². The van der Waals surface area contributed by atoms with Crippen molar-refractivity contribution in [2.24, 2.45) is 0 Å². The topological polar surface area (TPSA) is 78.5 Å². The van der Waals surface area contributed by atoms with Gasteiger partial charge in [0.05, 0.1) is 4.90 Å². The lowest BCUT2D eigenvalue weighted by Gasteiger charge is -2.26. The molecule has 0 saturated carbocycles. The van der Waals surface area contributed by atoms with Crippen LogP contribution in [0.15, 0.2) is 39.9 Å². The molecule has 0 saturated heterocycles.